The molecule has 2 heterocycles. The van der Waals surface area contributed by atoms with Crippen molar-refractivity contribution in [1.82, 2.24) is 14.9 Å². The van der Waals surface area contributed by atoms with E-state index in [9.17, 15) is 23.1 Å². The maximum Gasteiger partial charge on any atom is 0.417 e. The highest BCUT2D eigenvalue weighted by molar-refractivity contribution is 5.98. The predicted octanol–water partition coefficient (Wildman–Crippen LogP) is 4.49. The predicted molar refractivity (Wildman–Crippen MR) is 118 cm³/mol. The second kappa shape index (κ2) is 8.97. The Morgan fingerprint density at radius 2 is 1.94 bits per heavy atom. The van der Waals surface area contributed by atoms with Gasteiger partial charge in [-0.1, -0.05) is 12.8 Å². The first-order valence-electron chi connectivity index (χ1n) is 10.8. The lowest BCUT2D eigenvalue weighted by Gasteiger charge is -2.37. The van der Waals surface area contributed by atoms with Crippen LogP contribution >= 0.6 is 0 Å². The Morgan fingerprint density at radius 3 is 2.61 bits per heavy atom. The van der Waals surface area contributed by atoms with Gasteiger partial charge < -0.3 is 15.7 Å². The molecule has 6 nitrogen and oxygen atoms in total. The van der Waals surface area contributed by atoms with E-state index in [2.05, 4.69) is 9.97 Å². The largest absolute Gasteiger partial charge is 0.417 e. The Hall–Kier alpha value is -3.20. The standard InChI is InChI=1S/C24H25F3N4O2/c1-14-10-16-11-15(6-9-19(16)30-22(14)28)23(33)31(20-4-2-3-5-21(20)32)13-18-8-7-17(12-29-18)24(25,26)27/h6-12,20-21,32H,2-5,13H2,1H3,(H2,28,30)/t20-,21-/m1/s1. The molecule has 4 rings (SSSR count). The van der Waals surface area contributed by atoms with Crippen molar-refractivity contribution in [2.45, 2.75) is 57.5 Å². The SMILES string of the molecule is Cc1cc2cc(C(=O)N(Cc3ccc(C(F)(F)F)cn3)[C@@H]3CCCC[C@H]3O)ccc2nc1N. The van der Waals surface area contributed by atoms with Gasteiger partial charge in [0.2, 0.25) is 0 Å². The summed E-state index contributed by atoms with van der Waals surface area (Å²) in [6.07, 6.45) is -1.54. The van der Waals surface area contributed by atoms with Gasteiger partial charge in [-0.2, -0.15) is 13.2 Å². The van der Waals surface area contributed by atoms with E-state index in [-0.39, 0.29) is 12.5 Å². The van der Waals surface area contributed by atoms with E-state index in [1.54, 1.807) is 18.2 Å². The number of benzene rings is 1. The van der Waals surface area contributed by atoms with Crippen LogP contribution in [0.5, 0.6) is 0 Å². The Balaban J connectivity index is 1.67. The summed E-state index contributed by atoms with van der Waals surface area (Å²) in [6, 6.07) is 8.72. The van der Waals surface area contributed by atoms with Crippen LogP contribution < -0.4 is 5.73 Å². The third kappa shape index (κ3) is 4.93. The van der Waals surface area contributed by atoms with Crippen molar-refractivity contribution in [1.29, 1.82) is 0 Å². The van der Waals surface area contributed by atoms with Gasteiger partial charge in [0, 0.05) is 17.1 Å². The van der Waals surface area contributed by atoms with E-state index in [0.29, 0.717) is 35.4 Å². The summed E-state index contributed by atoms with van der Waals surface area (Å²) < 4.78 is 38.7. The molecule has 3 aromatic rings. The third-order valence-corrected chi connectivity index (χ3v) is 6.13. The number of pyridine rings is 2. The van der Waals surface area contributed by atoms with Gasteiger partial charge in [-0.05, 0) is 61.7 Å². The van der Waals surface area contributed by atoms with Gasteiger partial charge in [0.15, 0.2) is 0 Å². The summed E-state index contributed by atoms with van der Waals surface area (Å²) in [5.74, 6) is 0.0981. The number of aliphatic hydroxyl groups is 1. The number of fused-ring (bicyclic) bond motifs is 1. The number of aryl methyl sites for hydroxylation is 1. The number of hydrogen-bond donors (Lipinski definition) is 2. The number of aromatic nitrogens is 2. The maximum absolute atomic E-state index is 13.6. The number of alkyl halides is 3. The summed E-state index contributed by atoms with van der Waals surface area (Å²) in [7, 11) is 0. The van der Waals surface area contributed by atoms with Crippen LogP contribution in [0.2, 0.25) is 0 Å². The highest BCUT2D eigenvalue weighted by Crippen LogP contribution is 2.30. The minimum atomic E-state index is -4.48. The number of halogens is 3. The highest BCUT2D eigenvalue weighted by Gasteiger charge is 2.34. The number of anilines is 1. The van der Waals surface area contributed by atoms with Gasteiger partial charge >= 0.3 is 6.18 Å². The molecule has 33 heavy (non-hydrogen) atoms. The van der Waals surface area contributed by atoms with Crippen LogP contribution in [0.3, 0.4) is 0 Å². The molecular formula is C24H25F3N4O2. The van der Waals surface area contributed by atoms with E-state index in [4.69, 9.17) is 5.73 Å². The number of nitrogens with zero attached hydrogens (tertiary/aromatic N) is 3. The molecule has 0 unspecified atom stereocenters. The summed E-state index contributed by atoms with van der Waals surface area (Å²) in [5.41, 5.74) is 7.20. The summed E-state index contributed by atoms with van der Waals surface area (Å²) in [4.78, 5) is 23.4. The number of amides is 1. The van der Waals surface area contributed by atoms with E-state index in [1.807, 2.05) is 13.0 Å². The van der Waals surface area contributed by atoms with Crippen molar-refractivity contribution in [3.05, 3.63) is 65.0 Å². The monoisotopic (exact) mass is 458 g/mol. The van der Waals surface area contributed by atoms with Gasteiger partial charge in [-0.3, -0.25) is 9.78 Å². The van der Waals surface area contributed by atoms with Crippen LogP contribution in [-0.2, 0) is 12.7 Å². The number of nitrogen functional groups attached to an aromatic ring is 1. The van der Waals surface area contributed by atoms with Gasteiger partial charge in [0.1, 0.15) is 5.82 Å². The minimum Gasteiger partial charge on any atom is -0.391 e. The van der Waals surface area contributed by atoms with E-state index >= 15 is 0 Å². The third-order valence-electron chi connectivity index (χ3n) is 6.13. The fourth-order valence-corrected chi connectivity index (χ4v) is 4.25. The van der Waals surface area contributed by atoms with Crippen molar-refractivity contribution in [2.75, 3.05) is 5.73 Å². The van der Waals surface area contributed by atoms with Crippen molar-refractivity contribution in [2.24, 2.45) is 0 Å². The first-order valence-corrected chi connectivity index (χ1v) is 10.8. The van der Waals surface area contributed by atoms with Crippen LogP contribution in [0.15, 0.2) is 42.6 Å². The Bertz CT molecular complexity index is 1160. The second-order valence-electron chi connectivity index (χ2n) is 8.49. The zero-order valence-corrected chi connectivity index (χ0v) is 18.1. The normalized spacial score (nSPS) is 18.9. The number of carbonyl (C=O) groups is 1. The first-order chi connectivity index (χ1) is 15.6. The average Bonchev–Trinajstić information content (AvgIpc) is 2.78. The van der Waals surface area contributed by atoms with Crippen molar-refractivity contribution in [3.63, 3.8) is 0 Å². The fourth-order valence-electron chi connectivity index (χ4n) is 4.25. The highest BCUT2D eigenvalue weighted by atomic mass is 19.4. The molecule has 0 bridgehead atoms. The second-order valence-corrected chi connectivity index (χ2v) is 8.49. The van der Waals surface area contributed by atoms with E-state index < -0.39 is 23.9 Å². The topological polar surface area (TPSA) is 92.3 Å². The molecule has 0 radical (unpaired) electrons. The van der Waals surface area contributed by atoms with Crippen molar-refractivity contribution < 1.29 is 23.1 Å². The molecule has 2 aromatic heterocycles. The Kier molecular flexibility index (Phi) is 6.25. The molecule has 0 aliphatic heterocycles. The molecule has 1 amide bonds. The minimum absolute atomic E-state index is 0.00422. The smallest absolute Gasteiger partial charge is 0.391 e. The molecule has 9 heteroatoms. The summed E-state index contributed by atoms with van der Waals surface area (Å²) >= 11 is 0. The quantitative estimate of drug-likeness (QED) is 0.601. The van der Waals surface area contributed by atoms with Crippen LogP contribution in [0.25, 0.3) is 10.9 Å². The molecule has 174 valence electrons. The molecule has 1 fully saturated rings. The molecule has 3 N–H and O–H groups in total. The molecular weight excluding hydrogens is 433 g/mol. The zero-order valence-electron chi connectivity index (χ0n) is 18.1. The molecule has 2 atom stereocenters. The molecule has 1 aliphatic rings. The van der Waals surface area contributed by atoms with Crippen LogP contribution in [-0.4, -0.2) is 38.0 Å². The average molecular weight is 458 g/mol. The lowest BCUT2D eigenvalue weighted by molar-refractivity contribution is -0.137. The lowest BCUT2D eigenvalue weighted by Crippen LogP contribution is -2.48. The first kappa shape index (κ1) is 23.0. The summed E-state index contributed by atoms with van der Waals surface area (Å²) in [6.45, 7) is 1.83. The molecule has 1 aliphatic carbocycles. The molecule has 1 saturated carbocycles. The summed E-state index contributed by atoms with van der Waals surface area (Å²) in [5, 5.41) is 11.4. The number of carbonyl (C=O) groups excluding carboxylic acids is 1. The van der Waals surface area contributed by atoms with Crippen molar-refractivity contribution >= 4 is 22.6 Å². The number of nitrogens with two attached hydrogens (primary N) is 1. The van der Waals surface area contributed by atoms with Crippen molar-refractivity contribution in [3.8, 4) is 0 Å². The van der Waals surface area contributed by atoms with E-state index in [1.165, 1.54) is 11.0 Å². The number of aliphatic hydroxyl groups excluding tert-OH is 1. The number of hydrogen-bond acceptors (Lipinski definition) is 5. The van der Waals surface area contributed by atoms with Gasteiger partial charge in [0.05, 0.1) is 35.5 Å². The zero-order chi connectivity index (χ0) is 23.8. The van der Waals surface area contributed by atoms with Crippen LogP contribution in [0, 0.1) is 6.92 Å². The van der Waals surface area contributed by atoms with Crippen LogP contribution in [0.4, 0.5) is 19.0 Å². The van der Waals surface area contributed by atoms with Crippen LogP contribution in [0.1, 0.15) is 52.9 Å². The van der Waals surface area contributed by atoms with Gasteiger partial charge in [-0.15, -0.1) is 0 Å². The molecule has 0 saturated heterocycles. The van der Waals surface area contributed by atoms with E-state index in [0.717, 1.165) is 36.1 Å². The molecule has 1 aromatic carbocycles. The van der Waals surface area contributed by atoms with Gasteiger partial charge in [0.25, 0.3) is 5.91 Å². The lowest BCUT2D eigenvalue weighted by atomic mass is 9.90. The fraction of sp³-hybridized carbons (Fsp3) is 0.375. The van der Waals surface area contributed by atoms with Gasteiger partial charge in [-0.25, -0.2) is 4.98 Å². The Labute approximate surface area is 189 Å². The number of rotatable bonds is 4. The maximum atomic E-state index is 13.6. The molecule has 0 spiro atoms. The Morgan fingerprint density at radius 1 is 1.18 bits per heavy atom.